The number of rotatable bonds is 5. The van der Waals surface area contributed by atoms with Crippen LogP contribution in [0.25, 0.3) is 11.1 Å². The number of carbonyl (C=O) groups is 1. The first-order chi connectivity index (χ1) is 12.5. The lowest BCUT2D eigenvalue weighted by atomic mass is 10.0. The van der Waals surface area contributed by atoms with Gasteiger partial charge in [-0.3, -0.25) is 0 Å². The summed E-state index contributed by atoms with van der Waals surface area (Å²) in [7, 11) is 1.61. The number of hydrogen-bond donors (Lipinski definition) is 1. The molecule has 0 saturated carbocycles. The van der Waals surface area contributed by atoms with Crippen molar-refractivity contribution in [3.8, 4) is 22.9 Å². The third-order valence-corrected chi connectivity index (χ3v) is 4.37. The van der Waals surface area contributed by atoms with Gasteiger partial charge in [0.2, 0.25) is 0 Å². The third kappa shape index (κ3) is 3.41. The Hall–Kier alpha value is -3.23. The van der Waals surface area contributed by atoms with Crippen LogP contribution >= 0.6 is 11.6 Å². The lowest BCUT2D eigenvalue weighted by Gasteiger charge is -2.09. The maximum absolute atomic E-state index is 11.5. The van der Waals surface area contributed by atoms with Gasteiger partial charge < -0.3 is 14.4 Å². The predicted octanol–water partition coefficient (Wildman–Crippen LogP) is 4.49. The number of aryl methyl sites for hydroxylation is 1. The predicted molar refractivity (Wildman–Crippen MR) is 98.3 cm³/mol. The van der Waals surface area contributed by atoms with Crippen molar-refractivity contribution in [1.29, 1.82) is 5.26 Å². The maximum atomic E-state index is 11.5. The first kappa shape index (κ1) is 17.6. The Morgan fingerprint density at radius 1 is 1.23 bits per heavy atom. The molecule has 0 radical (unpaired) electrons. The Labute approximate surface area is 155 Å². The van der Waals surface area contributed by atoms with E-state index in [1.807, 2.05) is 24.3 Å². The van der Waals surface area contributed by atoms with Crippen molar-refractivity contribution in [2.45, 2.75) is 6.61 Å². The smallest absolute Gasteiger partial charge is 0.353 e. The molecule has 0 aliphatic rings. The number of benzene rings is 2. The van der Waals surface area contributed by atoms with Crippen molar-refractivity contribution >= 4 is 17.6 Å². The molecule has 0 unspecified atom stereocenters. The largest absolute Gasteiger partial charge is 0.489 e. The number of carboxylic acids is 1. The van der Waals surface area contributed by atoms with E-state index >= 15 is 0 Å². The van der Waals surface area contributed by atoms with Gasteiger partial charge in [0.15, 0.2) is 0 Å². The van der Waals surface area contributed by atoms with E-state index in [-0.39, 0.29) is 5.69 Å². The van der Waals surface area contributed by atoms with E-state index < -0.39 is 5.97 Å². The van der Waals surface area contributed by atoms with Gasteiger partial charge in [0, 0.05) is 29.4 Å². The van der Waals surface area contributed by atoms with Gasteiger partial charge in [0.25, 0.3) is 0 Å². The van der Waals surface area contributed by atoms with Gasteiger partial charge in [-0.25, -0.2) is 4.79 Å². The topological polar surface area (TPSA) is 75.2 Å². The molecule has 130 valence electrons. The molecular formula is C20H15ClN2O3. The number of nitriles is 1. The maximum Gasteiger partial charge on any atom is 0.353 e. The highest BCUT2D eigenvalue weighted by Gasteiger charge is 2.21. The molecule has 6 heteroatoms. The molecule has 0 amide bonds. The Morgan fingerprint density at radius 3 is 2.54 bits per heavy atom. The van der Waals surface area contributed by atoms with E-state index in [1.165, 1.54) is 10.8 Å². The highest BCUT2D eigenvalue weighted by molar-refractivity contribution is 6.31. The normalized spacial score (nSPS) is 10.3. The molecule has 5 nitrogen and oxygen atoms in total. The summed E-state index contributed by atoms with van der Waals surface area (Å²) in [6.45, 7) is 0.328. The second-order valence-corrected chi connectivity index (χ2v) is 6.11. The van der Waals surface area contributed by atoms with Gasteiger partial charge in [-0.05, 0) is 23.8 Å². The molecule has 26 heavy (non-hydrogen) atoms. The van der Waals surface area contributed by atoms with Crippen molar-refractivity contribution in [2.24, 2.45) is 7.05 Å². The Balaban J connectivity index is 1.86. The lowest BCUT2D eigenvalue weighted by Crippen LogP contribution is -2.05. The zero-order chi connectivity index (χ0) is 18.7. The lowest BCUT2D eigenvalue weighted by molar-refractivity contribution is 0.0687. The second kappa shape index (κ2) is 7.34. The van der Waals surface area contributed by atoms with E-state index in [1.54, 1.807) is 37.4 Å². The molecule has 0 aliphatic heterocycles. The van der Waals surface area contributed by atoms with E-state index in [0.29, 0.717) is 34.1 Å². The number of aromatic carboxylic acids is 1. The molecule has 0 saturated heterocycles. The Bertz CT molecular complexity index is 1000. The van der Waals surface area contributed by atoms with Gasteiger partial charge in [0.1, 0.15) is 24.1 Å². The van der Waals surface area contributed by atoms with Gasteiger partial charge in [-0.1, -0.05) is 41.9 Å². The first-order valence-electron chi connectivity index (χ1n) is 7.80. The molecule has 0 aliphatic carbocycles. The SMILES string of the molecule is Cn1cc(C#N)c(-c2ccc(OCc3ccccc3Cl)cc2)c1C(=O)O. The van der Waals surface area contributed by atoms with Crippen LogP contribution in [0.4, 0.5) is 0 Å². The minimum absolute atomic E-state index is 0.0753. The Morgan fingerprint density at radius 2 is 1.92 bits per heavy atom. The van der Waals surface area contributed by atoms with Crippen molar-refractivity contribution in [1.82, 2.24) is 4.57 Å². The molecule has 1 aromatic heterocycles. The van der Waals surface area contributed by atoms with Crippen LogP contribution in [0.3, 0.4) is 0 Å². The molecule has 0 fully saturated rings. The van der Waals surface area contributed by atoms with E-state index in [2.05, 4.69) is 0 Å². The Kier molecular flexibility index (Phi) is 4.97. The summed E-state index contributed by atoms with van der Waals surface area (Å²) in [6, 6.07) is 16.4. The number of hydrogen-bond acceptors (Lipinski definition) is 3. The fourth-order valence-electron chi connectivity index (χ4n) is 2.76. The van der Waals surface area contributed by atoms with Gasteiger partial charge in [0.05, 0.1) is 5.56 Å². The minimum Gasteiger partial charge on any atom is -0.489 e. The monoisotopic (exact) mass is 366 g/mol. The highest BCUT2D eigenvalue weighted by atomic mass is 35.5. The summed E-state index contributed by atoms with van der Waals surface area (Å²) in [6.07, 6.45) is 1.51. The molecule has 2 aromatic carbocycles. The van der Waals surface area contributed by atoms with Crippen molar-refractivity contribution in [2.75, 3.05) is 0 Å². The number of carboxylic acid groups (broad SMARTS) is 1. The number of ether oxygens (including phenoxy) is 1. The van der Waals surface area contributed by atoms with Gasteiger partial charge in [-0.2, -0.15) is 5.26 Å². The van der Waals surface area contributed by atoms with E-state index in [9.17, 15) is 15.2 Å². The standard InChI is InChI=1S/C20H15ClN2O3/c1-23-11-15(10-22)18(19(23)20(24)25)13-6-8-16(9-7-13)26-12-14-4-2-3-5-17(14)21/h2-9,11H,12H2,1H3,(H,24,25). The van der Waals surface area contributed by atoms with Crippen LogP contribution in [0, 0.1) is 11.3 Å². The summed E-state index contributed by atoms with van der Waals surface area (Å²) < 4.78 is 7.17. The van der Waals surface area contributed by atoms with Crippen molar-refractivity contribution in [3.05, 3.63) is 76.6 Å². The van der Waals surface area contributed by atoms with E-state index in [0.717, 1.165) is 5.56 Å². The molecular weight excluding hydrogens is 352 g/mol. The van der Waals surface area contributed by atoms with Crippen LogP contribution in [-0.4, -0.2) is 15.6 Å². The molecule has 0 bridgehead atoms. The van der Waals surface area contributed by atoms with Crippen molar-refractivity contribution < 1.29 is 14.6 Å². The fraction of sp³-hybridized carbons (Fsp3) is 0.100. The average molecular weight is 367 g/mol. The molecule has 0 atom stereocenters. The number of halogens is 1. The zero-order valence-electron chi connectivity index (χ0n) is 13.9. The van der Waals surface area contributed by atoms with Crippen LogP contribution < -0.4 is 4.74 Å². The summed E-state index contributed by atoms with van der Waals surface area (Å²) in [5, 5.41) is 19.4. The second-order valence-electron chi connectivity index (χ2n) is 5.70. The van der Waals surface area contributed by atoms with Crippen LogP contribution in [0.5, 0.6) is 5.75 Å². The summed E-state index contributed by atoms with van der Waals surface area (Å²) in [5.74, 6) is -0.456. The zero-order valence-corrected chi connectivity index (χ0v) is 14.7. The minimum atomic E-state index is -1.08. The number of aromatic nitrogens is 1. The molecule has 1 N–H and O–H groups in total. The van der Waals surface area contributed by atoms with Crippen LogP contribution in [0.2, 0.25) is 5.02 Å². The first-order valence-corrected chi connectivity index (χ1v) is 8.18. The molecule has 0 spiro atoms. The van der Waals surface area contributed by atoms with Gasteiger partial charge in [-0.15, -0.1) is 0 Å². The van der Waals surface area contributed by atoms with Crippen LogP contribution in [0.1, 0.15) is 21.6 Å². The number of nitrogens with zero attached hydrogens (tertiary/aromatic N) is 2. The highest BCUT2D eigenvalue weighted by Crippen LogP contribution is 2.30. The van der Waals surface area contributed by atoms with Crippen molar-refractivity contribution in [3.63, 3.8) is 0 Å². The van der Waals surface area contributed by atoms with Gasteiger partial charge >= 0.3 is 5.97 Å². The van der Waals surface area contributed by atoms with Crippen LogP contribution in [-0.2, 0) is 13.7 Å². The van der Waals surface area contributed by atoms with E-state index in [4.69, 9.17) is 16.3 Å². The summed E-state index contributed by atoms with van der Waals surface area (Å²) in [5.41, 5.74) is 2.31. The average Bonchev–Trinajstić information content (AvgIpc) is 2.98. The molecule has 3 aromatic rings. The van der Waals surface area contributed by atoms with Crippen LogP contribution in [0.15, 0.2) is 54.7 Å². The quantitative estimate of drug-likeness (QED) is 0.721. The summed E-state index contributed by atoms with van der Waals surface area (Å²) in [4.78, 5) is 11.5. The molecule has 1 heterocycles. The third-order valence-electron chi connectivity index (χ3n) is 4.00. The fourth-order valence-corrected chi connectivity index (χ4v) is 2.95. The summed E-state index contributed by atoms with van der Waals surface area (Å²) >= 11 is 6.11. The molecule has 3 rings (SSSR count).